The van der Waals surface area contributed by atoms with Crippen molar-refractivity contribution in [3.05, 3.63) is 35.9 Å². The highest BCUT2D eigenvalue weighted by Gasteiger charge is 2.36. The predicted molar refractivity (Wildman–Crippen MR) is 86.3 cm³/mol. The second kappa shape index (κ2) is 6.80. The maximum atomic E-state index is 12.6. The van der Waals surface area contributed by atoms with Gasteiger partial charge in [0, 0.05) is 18.1 Å². The fourth-order valence-electron chi connectivity index (χ4n) is 3.39. The van der Waals surface area contributed by atoms with Crippen molar-refractivity contribution in [1.82, 2.24) is 10.2 Å². The molecule has 2 fully saturated rings. The highest BCUT2D eigenvalue weighted by molar-refractivity contribution is 5.79. The molecule has 0 atom stereocenters. The van der Waals surface area contributed by atoms with Gasteiger partial charge in [0.05, 0.1) is 13.2 Å². The van der Waals surface area contributed by atoms with Gasteiger partial charge in [0.2, 0.25) is 5.91 Å². The highest BCUT2D eigenvalue weighted by Crippen LogP contribution is 2.30. The minimum absolute atomic E-state index is 0.127. The van der Waals surface area contributed by atoms with Gasteiger partial charge in [-0.15, -0.1) is 0 Å². The Morgan fingerprint density at radius 3 is 2.50 bits per heavy atom. The molecule has 4 nitrogen and oxygen atoms in total. The van der Waals surface area contributed by atoms with E-state index in [4.69, 9.17) is 0 Å². The van der Waals surface area contributed by atoms with Gasteiger partial charge in [0.25, 0.3) is 0 Å². The van der Waals surface area contributed by atoms with E-state index in [1.165, 1.54) is 5.56 Å². The summed E-state index contributed by atoms with van der Waals surface area (Å²) in [6.45, 7) is 1.16. The molecule has 2 aliphatic rings. The first-order valence-electron chi connectivity index (χ1n) is 8.42. The maximum Gasteiger partial charge on any atom is 0.237 e. The number of carbonyl (C=O) groups is 1. The summed E-state index contributed by atoms with van der Waals surface area (Å²) in [6.07, 6.45) is 6.45. The number of carbonyl (C=O) groups excluding carboxylic acids is 1. The number of nitrogens with one attached hydrogen (secondary N) is 1. The van der Waals surface area contributed by atoms with E-state index in [0.717, 1.165) is 38.5 Å². The van der Waals surface area contributed by atoms with Crippen LogP contribution >= 0.6 is 0 Å². The van der Waals surface area contributed by atoms with E-state index in [0.29, 0.717) is 19.1 Å². The van der Waals surface area contributed by atoms with Gasteiger partial charge in [-0.05, 0) is 31.2 Å². The van der Waals surface area contributed by atoms with Gasteiger partial charge < -0.3 is 15.3 Å². The Labute approximate surface area is 132 Å². The Balaban J connectivity index is 1.58. The molecular weight excluding hydrogens is 276 g/mol. The second-order valence-corrected chi connectivity index (χ2v) is 6.74. The van der Waals surface area contributed by atoms with Crippen molar-refractivity contribution in [2.45, 2.75) is 56.7 Å². The van der Waals surface area contributed by atoms with E-state index in [-0.39, 0.29) is 18.1 Å². The van der Waals surface area contributed by atoms with Gasteiger partial charge in [-0.2, -0.15) is 0 Å². The third kappa shape index (κ3) is 3.68. The van der Waals surface area contributed by atoms with Crippen molar-refractivity contribution in [2.75, 3.05) is 13.2 Å². The number of aliphatic hydroxyl groups excluding tert-OH is 1. The second-order valence-electron chi connectivity index (χ2n) is 6.74. The number of aliphatic hydroxyl groups is 1. The fourth-order valence-corrected chi connectivity index (χ4v) is 3.39. The average molecular weight is 302 g/mol. The van der Waals surface area contributed by atoms with Crippen LogP contribution in [0.4, 0.5) is 0 Å². The van der Waals surface area contributed by atoms with Crippen LogP contribution in [0.5, 0.6) is 0 Å². The zero-order chi connectivity index (χ0) is 15.4. The molecule has 0 heterocycles. The van der Waals surface area contributed by atoms with Crippen molar-refractivity contribution in [1.29, 1.82) is 0 Å². The topological polar surface area (TPSA) is 52.6 Å². The lowest BCUT2D eigenvalue weighted by Gasteiger charge is -2.30. The molecule has 1 aromatic rings. The molecule has 3 rings (SSSR count). The van der Waals surface area contributed by atoms with Crippen LogP contribution in [0.2, 0.25) is 0 Å². The van der Waals surface area contributed by atoms with Crippen LogP contribution in [-0.2, 0) is 11.3 Å². The molecule has 0 bridgehead atoms. The van der Waals surface area contributed by atoms with Crippen molar-refractivity contribution in [3.8, 4) is 0 Å². The molecule has 0 aromatic heterocycles. The van der Waals surface area contributed by atoms with Crippen LogP contribution in [-0.4, -0.2) is 40.6 Å². The van der Waals surface area contributed by atoms with Gasteiger partial charge in [-0.1, -0.05) is 43.2 Å². The molecule has 0 unspecified atom stereocenters. The van der Waals surface area contributed by atoms with Crippen LogP contribution in [0, 0.1) is 0 Å². The maximum absolute atomic E-state index is 12.6. The average Bonchev–Trinajstić information content (AvgIpc) is 3.29. The summed E-state index contributed by atoms with van der Waals surface area (Å²) in [6, 6.07) is 10.6. The lowest BCUT2D eigenvalue weighted by atomic mass is 9.99. The largest absolute Gasteiger partial charge is 0.394 e. The summed E-state index contributed by atoms with van der Waals surface area (Å²) in [7, 11) is 0. The Morgan fingerprint density at radius 2 is 1.91 bits per heavy atom. The molecule has 2 saturated carbocycles. The van der Waals surface area contributed by atoms with E-state index in [1.807, 2.05) is 23.1 Å². The Kier molecular flexibility index (Phi) is 4.79. The first-order valence-corrected chi connectivity index (χ1v) is 8.42. The number of rotatable bonds is 7. The third-order valence-electron chi connectivity index (χ3n) is 4.98. The molecule has 1 aromatic carbocycles. The zero-order valence-electron chi connectivity index (χ0n) is 13.1. The van der Waals surface area contributed by atoms with Gasteiger partial charge in [-0.3, -0.25) is 4.79 Å². The summed E-state index contributed by atoms with van der Waals surface area (Å²) >= 11 is 0. The highest BCUT2D eigenvalue weighted by atomic mass is 16.3. The minimum Gasteiger partial charge on any atom is -0.394 e. The molecule has 22 heavy (non-hydrogen) atoms. The molecule has 2 aliphatic carbocycles. The first kappa shape index (κ1) is 15.5. The smallest absolute Gasteiger partial charge is 0.237 e. The Hall–Kier alpha value is -1.39. The first-order chi connectivity index (χ1) is 10.7. The van der Waals surface area contributed by atoms with Crippen LogP contribution < -0.4 is 5.32 Å². The van der Waals surface area contributed by atoms with Crippen LogP contribution in [0.3, 0.4) is 0 Å². The molecule has 0 aliphatic heterocycles. The van der Waals surface area contributed by atoms with Crippen LogP contribution in [0.25, 0.3) is 0 Å². The minimum atomic E-state index is -0.225. The summed E-state index contributed by atoms with van der Waals surface area (Å²) in [5.41, 5.74) is 0.956. The number of amides is 1. The standard InChI is InChI=1S/C18H26N2O2/c21-14-18(10-4-5-11-18)19-12-17(22)20(16-8-9-16)13-15-6-2-1-3-7-15/h1-3,6-7,16,19,21H,4-5,8-14H2. The summed E-state index contributed by atoms with van der Waals surface area (Å²) < 4.78 is 0. The van der Waals surface area contributed by atoms with Crippen molar-refractivity contribution in [3.63, 3.8) is 0 Å². The SMILES string of the molecule is O=C(CNC1(CO)CCCC1)N(Cc1ccccc1)C1CC1. The molecule has 1 amide bonds. The Morgan fingerprint density at radius 1 is 1.23 bits per heavy atom. The molecule has 2 N–H and O–H groups in total. The van der Waals surface area contributed by atoms with E-state index in [1.54, 1.807) is 0 Å². The summed E-state index contributed by atoms with van der Waals surface area (Å²) in [5.74, 6) is 0.158. The lowest BCUT2D eigenvalue weighted by molar-refractivity contribution is -0.132. The third-order valence-corrected chi connectivity index (χ3v) is 4.98. The Bertz CT molecular complexity index is 493. The van der Waals surface area contributed by atoms with Crippen LogP contribution in [0.15, 0.2) is 30.3 Å². The van der Waals surface area contributed by atoms with E-state index >= 15 is 0 Å². The fraction of sp³-hybridized carbons (Fsp3) is 0.611. The number of benzene rings is 1. The molecule has 0 saturated heterocycles. The predicted octanol–water partition coefficient (Wildman–Crippen LogP) is 2.07. The van der Waals surface area contributed by atoms with Gasteiger partial charge in [-0.25, -0.2) is 0 Å². The summed E-state index contributed by atoms with van der Waals surface area (Å²) in [5, 5.41) is 13.0. The van der Waals surface area contributed by atoms with Crippen molar-refractivity contribution < 1.29 is 9.90 Å². The van der Waals surface area contributed by atoms with Crippen LogP contribution in [0.1, 0.15) is 44.1 Å². The van der Waals surface area contributed by atoms with E-state index in [9.17, 15) is 9.90 Å². The van der Waals surface area contributed by atoms with Crippen molar-refractivity contribution >= 4 is 5.91 Å². The van der Waals surface area contributed by atoms with E-state index in [2.05, 4.69) is 17.4 Å². The molecule has 0 radical (unpaired) electrons. The van der Waals surface area contributed by atoms with E-state index < -0.39 is 0 Å². The quantitative estimate of drug-likeness (QED) is 0.811. The van der Waals surface area contributed by atoms with Gasteiger partial charge >= 0.3 is 0 Å². The summed E-state index contributed by atoms with van der Waals surface area (Å²) in [4.78, 5) is 14.6. The van der Waals surface area contributed by atoms with Gasteiger partial charge in [0.1, 0.15) is 0 Å². The number of hydrogen-bond donors (Lipinski definition) is 2. The van der Waals surface area contributed by atoms with Crippen molar-refractivity contribution in [2.24, 2.45) is 0 Å². The van der Waals surface area contributed by atoms with Gasteiger partial charge in [0.15, 0.2) is 0 Å². The molecule has 4 heteroatoms. The normalized spacial score (nSPS) is 20.0. The molecule has 0 spiro atoms. The lowest BCUT2D eigenvalue weighted by Crippen LogP contribution is -2.51. The molecular formula is C18H26N2O2. The monoisotopic (exact) mass is 302 g/mol. The zero-order valence-corrected chi connectivity index (χ0v) is 13.1. The molecule has 120 valence electrons. The number of nitrogens with zero attached hydrogens (tertiary/aromatic N) is 1. The number of hydrogen-bond acceptors (Lipinski definition) is 3.